The molecule has 1 unspecified atom stereocenters. The first kappa shape index (κ1) is 6.70. The maximum atomic E-state index is 5.45. The van der Waals surface area contributed by atoms with Gasteiger partial charge in [0.15, 0.2) is 5.60 Å². The number of nitrogens with zero attached hydrogens (tertiary/aromatic N) is 1. The second-order valence-electron chi connectivity index (χ2n) is 3.08. The summed E-state index contributed by atoms with van der Waals surface area (Å²) in [4.78, 5) is 4.33. The van der Waals surface area contributed by atoms with E-state index in [1.54, 1.807) is 6.26 Å². The summed E-state index contributed by atoms with van der Waals surface area (Å²) in [7, 11) is 0. The minimum absolute atomic E-state index is 0.198. The van der Waals surface area contributed by atoms with Crippen LogP contribution in [-0.4, -0.2) is 24.5 Å². The molecule has 60 valence electrons. The van der Waals surface area contributed by atoms with Gasteiger partial charge >= 0.3 is 0 Å². The standard InChI is InChI=1S/C8H12N2O/c1-8(3-2-6-11-8)7-9-4-5-10-7/h2,6H,3-5H2,1H3,(H,9,10). The molecule has 0 saturated carbocycles. The molecular formula is C8H12N2O. The van der Waals surface area contributed by atoms with Crippen molar-refractivity contribution in [2.45, 2.75) is 18.9 Å². The first-order valence-corrected chi connectivity index (χ1v) is 3.93. The molecule has 0 amide bonds. The number of hydrogen-bond donors (Lipinski definition) is 1. The maximum absolute atomic E-state index is 5.45. The normalized spacial score (nSPS) is 34.8. The van der Waals surface area contributed by atoms with E-state index >= 15 is 0 Å². The molecule has 2 aliphatic heterocycles. The lowest BCUT2D eigenvalue weighted by Gasteiger charge is -2.23. The second-order valence-corrected chi connectivity index (χ2v) is 3.08. The Kier molecular flexibility index (Phi) is 1.37. The minimum atomic E-state index is -0.198. The van der Waals surface area contributed by atoms with Crippen molar-refractivity contribution in [2.24, 2.45) is 4.99 Å². The zero-order valence-electron chi connectivity index (χ0n) is 6.63. The summed E-state index contributed by atoms with van der Waals surface area (Å²) < 4.78 is 5.45. The Hall–Kier alpha value is -0.990. The van der Waals surface area contributed by atoms with Gasteiger partial charge in [-0.3, -0.25) is 4.99 Å². The summed E-state index contributed by atoms with van der Waals surface area (Å²) in [5.74, 6) is 1.00. The van der Waals surface area contributed by atoms with Crippen LogP contribution in [-0.2, 0) is 4.74 Å². The van der Waals surface area contributed by atoms with Gasteiger partial charge in [-0.15, -0.1) is 0 Å². The highest BCUT2D eigenvalue weighted by Gasteiger charge is 2.34. The largest absolute Gasteiger partial charge is 0.487 e. The number of nitrogens with one attached hydrogen (secondary N) is 1. The molecule has 1 N–H and O–H groups in total. The van der Waals surface area contributed by atoms with E-state index in [0.717, 1.165) is 25.3 Å². The molecule has 3 nitrogen and oxygen atoms in total. The first-order chi connectivity index (χ1) is 5.31. The van der Waals surface area contributed by atoms with Gasteiger partial charge < -0.3 is 10.1 Å². The van der Waals surface area contributed by atoms with Gasteiger partial charge in [0, 0.05) is 13.0 Å². The molecule has 0 saturated heterocycles. The van der Waals surface area contributed by atoms with Gasteiger partial charge in [-0.25, -0.2) is 0 Å². The monoisotopic (exact) mass is 152 g/mol. The molecule has 0 fully saturated rings. The van der Waals surface area contributed by atoms with Crippen LogP contribution >= 0.6 is 0 Å². The third-order valence-electron chi connectivity index (χ3n) is 2.11. The van der Waals surface area contributed by atoms with E-state index in [2.05, 4.69) is 17.2 Å². The molecule has 0 radical (unpaired) electrons. The van der Waals surface area contributed by atoms with Crippen molar-refractivity contribution in [1.29, 1.82) is 0 Å². The zero-order chi connectivity index (χ0) is 7.73. The van der Waals surface area contributed by atoms with Gasteiger partial charge in [0.05, 0.1) is 12.8 Å². The van der Waals surface area contributed by atoms with Gasteiger partial charge in [0.25, 0.3) is 0 Å². The van der Waals surface area contributed by atoms with Crippen molar-refractivity contribution in [3.63, 3.8) is 0 Å². The highest BCUT2D eigenvalue weighted by Crippen LogP contribution is 2.24. The molecule has 2 aliphatic rings. The summed E-state index contributed by atoms with van der Waals surface area (Å²) in [6.45, 7) is 3.90. The molecule has 11 heavy (non-hydrogen) atoms. The highest BCUT2D eigenvalue weighted by atomic mass is 16.5. The van der Waals surface area contributed by atoms with E-state index < -0.39 is 0 Å². The predicted octanol–water partition coefficient (Wildman–Crippen LogP) is 0.681. The topological polar surface area (TPSA) is 33.6 Å². The summed E-state index contributed by atoms with van der Waals surface area (Å²) in [5, 5.41) is 3.22. The van der Waals surface area contributed by atoms with Crippen molar-refractivity contribution < 1.29 is 4.74 Å². The molecule has 2 heterocycles. The Morgan fingerprint density at radius 1 is 1.73 bits per heavy atom. The Bertz CT molecular complexity index is 212. The van der Waals surface area contributed by atoms with Crippen molar-refractivity contribution in [2.75, 3.05) is 13.1 Å². The molecule has 3 heteroatoms. The number of amidine groups is 1. The van der Waals surface area contributed by atoms with Crippen molar-refractivity contribution >= 4 is 5.84 Å². The molecule has 0 aromatic heterocycles. The van der Waals surface area contributed by atoms with E-state index in [0.29, 0.717) is 0 Å². The van der Waals surface area contributed by atoms with E-state index in [1.807, 2.05) is 6.08 Å². The van der Waals surface area contributed by atoms with Gasteiger partial charge in [-0.1, -0.05) is 0 Å². The molecule has 0 aromatic carbocycles. The zero-order valence-corrected chi connectivity index (χ0v) is 6.63. The summed E-state index contributed by atoms with van der Waals surface area (Å²) in [5.41, 5.74) is -0.198. The quantitative estimate of drug-likeness (QED) is 0.599. The van der Waals surface area contributed by atoms with Crippen molar-refractivity contribution in [1.82, 2.24) is 5.32 Å². The van der Waals surface area contributed by atoms with E-state index in [4.69, 9.17) is 4.74 Å². The molecule has 2 rings (SSSR count). The number of hydrogen-bond acceptors (Lipinski definition) is 3. The van der Waals surface area contributed by atoms with Gasteiger partial charge in [-0.05, 0) is 13.0 Å². The lowest BCUT2D eigenvalue weighted by molar-refractivity contribution is 0.129. The fourth-order valence-electron chi connectivity index (χ4n) is 1.42. The predicted molar refractivity (Wildman–Crippen MR) is 43.6 cm³/mol. The van der Waals surface area contributed by atoms with E-state index in [9.17, 15) is 0 Å². The first-order valence-electron chi connectivity index (χ1n) is 3.93. The Labute approximate surface area is 66.2 Å². The van der Waals surface area contributed by atoms with Gasteiger partial charge in [0.1, 0.15) is 5.84 Å². The molecule has 1 atom stereocenters. The van der Waals surface area contributed by atoms with E-state index in [1.165, 1.54) is 0 Å². The van der Waals surface area contributed by atoms with Crippen LogP contribution in [0.3, 0.4) is 0 Å². The number of rotatable bonds is 1. The molecule has 0 aromatic rings. The van der Waals surface area contributed by atoms with Gasteiger partial charge in [-0.2, -0.15) is 0 Å². The van der Waals surface area contributed by atoms with Crippen LogP contribution in [0.5, 0.6) is 0 Å². The van der Waals surface area contributed by atoms with Crippen LogP contribution in [0, 0.1) is 0 Å². The minimum Gasteiger partial charge on any atom is -0.487 e. The van der Waals surface area contributed by atoms with Crippen LogP contribution in [0.1, 0.15) is 13.3 Å². The van der Waals surface area contributed by atoms with E-state index in [-0.39, 0.29) is 5.60 Å². The van der Waals surface area contributed by atoms with Crippen LogP contribution in [0.2, 0.25) is 0 Å². The molecule has 0 bridgehead atoms. The molecule has 0 aliphatic carbocycles. The number of ether oxygens (including phenoxy) is 1. The summed E-state index contributed by atoms with van der Waals surface area (Å²) >= 11 is 0. The maximum Gasteiger partial charge on any atom is 0.165 e. The van der Waals surface area contributed by atoms with Crippen LogP contribution in [0.25, 0.3) is 0 Å². The fourth-order valence-corrected chi connectivity index (χ4v) is 1.42. The smallest absolute Gasteiger partial charge is 0.165 e. The number of aliphatic imine (C=N–C) groups is 1. The Balaban J connectivity index is 2.13. The van der Waals surface area contributed by atoms with Crippen molar-refractivity contribution in [3.8, 4) is 0 Å². The molecular weight excluding hydrogens is 140 g/mol. The SMILES string of the molecule is CC1(C2=NCCN2)CC=CO1. The average Bonchev–Trinajstić information content (AvgIpc) is 2.55. The third-order valence-corrected chi connectivity index (χ3v) is 2.11. The van der Waals surface area contributed by atoms with Crippen LogP contribution < -0.4 is 5.32 Å². The average molecular weight is 152 g/mol. The fraction of sp³-hybridized carbons (Fsp3) is 0.625. The Morgan fingerprint density at radius 2 is 2.64 bits per heavy atom. The van der Waals surface area contributed by atoms with Crippen molar-refractivity contribution in [3.05, 3.63) is 12.3 Å². The Morgan fingerprint density at radius 3 is 3.18 bits per heavy atom. The van der Waals surface area contributed by atoms with Crippen LogP contribution in [0.15, 0.2) is 17.3 Å². The third kappa shape index (κ3) is 1.00. The highest BCUT2D eigenvalue weighted by molar-refractivity contribution is 5.91. The van der Waals surface area contributed by atoms with Crippen LogP contribution in [0.4, 0.5) is 0 Å². The summed E-state index contributed by atoms with van der Waals surface area (Å²) in [6, 6.07) is 0. The molecule has 0 spiro atoms. The summed E-state index contributed by atoms with van der Waals surface area (Å²) in [6.07, 6.45) is 4.71. The van der Waals surface area contributed by atoms with Gasteiger partial charge in [0.2, 0.25) is 0 Å². The second kappa shape index (κ2) is 2.26. The lowest BCUT2D eigenvalue weighted by Crippen LogP contribution is -2.41. The lowest BCUT2D eigenvalue weighted by atomic mass is 10.0.